The Bertz CT molecular complexity index is 1240. The van der Waals surface area contributed by atoms with Gasteiger partial charge >= 0.3 is 0 Å². The largest absolute Gasteiger partial charge is 0.497 e. The molecule has 0 saturated heterocycles. The zero-order chi connectivity index (χ0) is 21.2. The number of nitrogens with zero attached hydrogens (tertiary/aromatic N) is 2. The number of rotatable bonds is 7. The van der Waals surface area contributed by atoms with E-state index in [1.54, 1.807) is 18.4 Å². The van der Waals surface area contributed by atoms with Crippen LogP contribution < -0.4 is 9.47 Å². The molecule has 3 heterocycles. The number of methoxy groups -OCH3 is 1. The van der Waals surface area contributed by atoms with E-state index in [0.29, 0.717) is 0 Å². The molecule has 31 heavy (non-hydrogen) atoms. The number of aryl methyl sites for hydroxylation is 1. The van der Waals surface area contributed by atoms with Gasteiger partial charge in [-0.25, -0.2) is 4.98 Å². The van der Waals surface area contributed by atoms with Gasteiger partial charge in [0, 0.05) is 48.4 Å². The van der Waals surface area contributed by atoms with Crippen LogP contribution in [0.25, 0.3) is 26.7 Å². The number of ether oxygens (including phenoxy) is 2. The molecule has 2 aromatic carbocycles. The van der Waals surface area contributed by atoms with E-state index in [1.165, 1.54) is 21.2 Å². The summed E-state index contributed by atoms with van der Waals surface area (Å²) < 4.78 is 12.6. The summed E-state index contributed by atoms with van der Waals surface area (Å²) in [6.45, 7) is 5.87. The molecule has 6 heteroatoms. The third kappa shape index (κ3) is 4.31. The summed E-state index contributed by atoms with van der Waals surface area (Å²) >= 11 is 1.72. The monoisotopic (exact) mass is 433 g/mol. The van der Waals surface area contributed by atoms with Crippen molar-refractivity contribution in [2.45, 2.75) is 19.8 Å². The van der Waals surface area contributed by atoms with Crippen molar-refractivity contribution in [1.29, 1.82) is 0 Å². The molecule has 0 unspecified atom stereocenters. The van der Waals surface area contributed by atoms with Crippen LogP contribution in [0.4, 0.5) is 0 Å². The molecule has 1 aliphatic heterocycles. The van der Waals surface area contributed by atoms with Crippen molar-refractivity contribution in [1.82, 2.24) is 14.9 Å². The lowest BCUT2D eigenvalue weighted by Crippen LogP contribution is -2.30. The topological polar surface area (TPSA) is 50.4 Å². The van der Waals surface area contributed by atoms with E-state index in [4.69, 9.17) is 9.47 Å². The van der Waals surface area contributed by atoms with Crippen LogP contribution >= 0.6 is 11.3 Å². The van der Waals surface area contributed by atoms with Gasteiger partial charge in [0.25, 0.3) is 0 Å². The number of aromatic nitrogens is 2. The molecule has 2 aromatic heterocycles. The highest BCUT2D eigenvalue weighted by Gasteiger charge is 2.16. The first kappa shape index (κ1) is 20.1. The van der Waals surface area contributed by atoms with E-state index >= 15 is 0 Å². The molecule has 0 radical (unpaired) electrons. The predicted molar refractivity (Wildman–Crippen MR) is 128 cm³/mol. The van der Waals surface area contributed by atoms with Crippen molar-refractivity contribution in [2.75, 3.05) is 33.4 Å². The smallest absolute Gasteiger partial charge is 0.121 e. The van der Waals surface area contributed by atoms with Crippen LogP contribution in [0.15, 0.2) is 48.7 Å². The highest BCUT2D eigenvalue weighted by atomic mass is 32.1. The molecule has 0 spiro atoms. The first-order valence-electron chi connectivity index (χ1n) is 10.8. The van der Waals surface area contributed by atoms with Crippen LogP contribution in [0.3, 0.4) is 0 Å². The number of hydrogen-bond acceptors (Lipinski definition) is 5. The van der Waals surface area contributed by atoms with Gasteiger partial charge in [-0.3, -0.25) is 4.90 Å². The Balaban J connectivity index is 1.14. The van der Waals surface area contributed by atoms with Gasteiger partial charge < -0.3 is 14.5 Å². The Kier molecular flexibility index (Phi) is 5.66. The molecule has 5 rings (SSSR count). The number of thiazole rings is 1. The average Bonchev–Trinajstić information content (AvgIpc) is 3.38. The van der Waals surface area contributed by atoms with E-state index in [9.17, 15) is 0 Å². The second-order valence-corrected chi connectivity index (χ2v) is 9.19. The minimum atomic E-state index is 0.726. The van der Waals surface area contributed by atoms with Gasteiger partial charge in [0.1, 0.15) is 11.5 Å². The summed E-state index contributed by atoms with van der Waals surface area (Å²) in [4.78, 5) is 10.4. The molecule has 160 valence electrons. The third-order valence-electron chi connectivity index (χ3n) is 5.88. The zero-order valence-electron chi connectivity index (χ0n) is 18.0. The van der Waals surface area contributed by atoms with Crippen LogP contribution in [-0.2, 0) is 0 Å². The second kappa shape index (κ2) is 8.73. The average molecular weight is 434 g/mol. The molecule has 0 saturated carbocycles. The third-order valence-corrected chi connectivity index (χ3v) is 6.83. The summed E-state index contributed by atoms with van der Waals surface area (Å²) in [6, 6.07) is 12.4. The Labute approximate surface area is 186 Å². The normalized spacial score (nSPS) is 14.8. The molecule has 0 bridgehead atoms. The minimum absolute atomic E-state index is 0.726. The van der Waals surface area contributed by atoms with Crippen LogP contribution in [0.1, 0.15) is 23.4 Å². The van der Waals surface area contributed by atoms with E-state index in [-0.39, 0.29) is 0 Å². The highest BCUT2D eigenvalue weighted by Crippen LogP contribution is 2.31. The maximum absolute atomic E-state index is 5.97. The van der Waals surface area contributed by atoms with Crippen molar-refractivity contribution in [2.24, 2.45) is 0 Å². The number of hydrogen-bond donors (Lipinski definition) is 1. The maximum atomic E-state index is 5.97. The lowest BCUT2D eigenvalue weighted by molar-refractivity contribution is 0.248. The lowest BCUT2D eigenvalue weighted by Gasteiger charge is -2.26. The molecular formula is C25H27N3O2S. The van der Waals surface area contributed by atoms with Gasteiger partial charge in [0.2, 0.25) is 0 Å². The first-order valence-corrected chi connectivity index (χ1v) is 11.6. The minimum Gasteiger partial charge on any atom is -0.497 e. The van der Waals surface area contributed by atoms with E-state index in [1.807, 2.05) is 25.1 Å². The van der Waals surface area contributed by atoms with Crippen molar-refractivity contribution < 1.29 is 9.47 Å². The summed E-state index contributed by atoms with van der Waals surface area (Å²) in [5, 5.41) is 2.33. The molecule has 0 amide bonds. The maximum Gasteiger partial charge on any atom is 0.121 e. The van der Waals surface area contributed by atoms with Crippen LogP contribution in [0.2, 0.25) is 0 Å². The van der Waals surface area contributed by atoms with E-state index in [2.05, 4.69) is 45.3 Å². The number of H-pyrrole nitrogens is 1. The fourth-order valence-electron chi connectivity index (χ4n) is 4.24. The second-order valence-electron chi connectivity index (χ2n) is 7.96. The Morgan fingerprint density at radius 1 is 1.16 bits per heavy atom. The number of nitrogens with one attached hydrogen (secondary N) is 1. The molecule has 5 nitrogen and oxygen atoms in total. The SMILES string of the molecule is COc1ccc2[nH]cc(C3=CCN(CCCOc4ccc5sc(C)nc5c4)CC3)c2c1. The predicted octanol–water partition coefficient (Wildman–Crippen LogP) is 5.65. The van der Waals surface area contributed by atoms with Gasteiger partial charge in [0.05, 0.1) is 28.9 Å². The van der Waals surface area contributed by atoms with Crippen LogP contribution in [0, 0.1) is 6.92 Å². The van der Waals surface area contributed by atoms with E-state index < -0.39 is 0 Å². The first-order chi connectivity index (χ1) is 15.2. The van der Waals surface area contributed by atoms with Gasteiger partial charge in [-0.15, -0.1) is 11.3 Å². The number of aromatic amines is 1. The van der Waals surface area contributed by atoms with Crippen molar-refractivity contribution >= 4 is 38.0 Å². The summed E-state index contributed by atoms with van der Waals surface area (Å²) in [5.74, 6) is 1.81. The van der Waals surface area contributed by atoms with Crippen molar-refractivity contribution in [3.8, 4) is 11.5 Å². The van der Waals surface area contributed by atoms with Gasteiger partial charge in [-0.2, -0.15) is 0 Å². The Morgan fingerprint density at radius 2 is 2.06 bits per heavy atom. The fraction of sp³-hybridized carbons (Fsp3) is 0.320. The van der Waals surface area contributed by atoms with Crippen LogP contribution in [-0.4, -0.2) is 48.2 Å². The summed E-state index contributed by atoms with van der Waals surface area (Å²) in [7, 11) is 1.72. The fourth-order valence-corrected chi connectivity index (χ4v) is 5.05. The Hall–Kier alpha value is -2.83. The number of fused-ring (bicyclic) bond motifs is 2. The van der Waals surface area contributed by atoms with Crippen molar-refractivity contribution in [3.05, 3.63) is 59.2 Å². The number of benzene rings is 2. The summed E-state index contributed by atoms with van der Waals surface area (Å²) in [5.41, 5.74) is 4.90. The molecule has 0 fully saturated rings. The molecule has 1 aliphatic rings. The molecule has 4 aromatic rings. The molecule has 0 aliphatic carbocycles. The molecular weight excluding hydrogens is 406 g/mol. The van der Waals surface area contributed by atoms with Crippen molar-refractivity contribution in [3.63, 3.8) is 0 Å². The standard InChI is InChI=1S/C25H27N3O2S/c1-17-27-24-15-20(5-7-25(24)31-17)30-13-3-10-28-11-8-18(9-12-28)22-16-26-23-6-4-19(29-2)14-21(22)23/h4-8,14-16,26H,3,9-13H2,1-2H3. The summed E-state index contributed by atoms with van der Waals surface area (Å²) in [6.07, 6.45) is 6.57. The molecule has 0 atom stereocenters. The Morgan fingerprint density at radius 3 is 2.90 bits per heavy atom. The van der Waals surface area contributed by atoms with Crippen LogP contribution in [0.5, 0.6) is 11.5 Å². The zero-order valence-corrected chi connectivity index (χ0v) is 18.8. The van der Waals surface area contributed by atoms with Gasteiger partial charge in [-0.1, -0.05) is 6.08 Å². The highest BCUT2D eigenvalue weighted by molar-refractivity contribution is 7.18. The molecule has 1 N–H and O–H groups in total. The van der Waals surface area contributed by atoms with E-state index in [0.717, 1.165) is 66.6 Å². The quantitative estimate of drug-likeness (QED) is 0.383. The van der Waals surface area contributed by atoms with Gasteiger partial charge in [-0.05, 0) is 55.7 Å². The van der Waals surface area contributed by atoms with Gasteiger partial charge in [0.15, 0.2) is 0 Å². The lowest BCUT2D eigenvalue weighted by atomic mass is 9.98.